The Hall–Kier alpha value is -3.10. The van der Waals surface area contributed by atoms with E-state index in [4.69, 9.17) is 14.8 Å². The van der Waals surface area contributed by atoms with Crippen molar-refractivity contribution in [3.8, 4) is 11.8 Å². The second kappa shape index (κ2) is 9.56. The van der Waals surface area contributed by atoms with Crippen molar-refractivity contribution in [1.82, 2.24) is 0 Å². The van der Waals surface area contributed by atoms with E-state index in [-0.39, 0.29) is 6.61 Å². The van der Waals surface area contributed by atoms with Crippen LogP contribution in [0.2, 0.25) is 0 Å². The predicted molar refractivity (Wildman–Crippen MR) is 108 cm³/mol. The molecule has 0 aliphatic carbocycles. The summed E-state index contributed by atoms with van der Waals surface area (Å²) in [5.74, 6) is 0.727. The molecule has 0 radical (unpaired) electrons. The minimum absolute atomic E-state index is 0.238. The Kier molecular flexibility index (Phi) is 6.61. The highest BCUT2D eigenvalue weighted by Gasteiger charge is 2.03. The van der Waals surface area contributed by atoms with E-state index in [0.717, 1.165) is 26.9 Å². The zero-order chi connectivity index (χ0) is 18.9. The third kappa shape index (κ3) is 5.44. The second-order valence-electron chi connectivity index (χ2n) is 5.73. The average molecular weight is 421 g/mol. The molecule has 0 N–H and O–H groups in total. The first-order chi connectivity index (χ1) is 13.3. The summed E-state index contributed by atoms with van der Waals surface area (Å²) in [6.07, 6.45) is 1.62. The molecule has 3 aromatic rings. The molecule has 0 spiro atoms. The molecule has 0 unspecified atom stereocenters. The van der Waals surface area contributed by atoms with Gasteiger partial charge in [0.2, 0.25) is 0 Å². The molecule has 0 heterocycles. The van der Waals surface area contributed by atoms with Crippen LogP contribution in [-0.4, -0.2) is 6.21 Å². The molecule has 5 heteroatoms. The minimum Gasteiger partial charge on any atom is -0.488 e. The Morgan fingerprint density at radius 3 is 2.48 bits per heavy atom. The molecule has 0 amide bonds. The number of nitriles is 1. The first kappa shape index (κ1) is 18.7. The number of benzene rings is 3. The van der Waals surface area contributed by atoms with Crippen LogP contribution < -0.4 is 4.74 Å². The third-order valence-corrected chi connectivity index (χ3v) is 4.38. The van der Waals surface area contributed by atoms with Gasteiger partial charge in [0.25, 0.3) is 0 Å². The Bertz CT molecular complexity index is 963. The Morgan fingerprint density at radius 2 is 1.67 bits per heavy atom. The van der Waals surface area contributed by atoms with Crippen LogP contribution in [0.25, 0.3) is 0 Å². The lowest BCUT2D eigenvalue weighted by Crippen LogP contribution is -1.98. The summed E-state index contributed by atoms with van der Waals surface area (Å²) in [6.45, 7) is 0.705. The Labute approximate surface area is 166 Å². The zero-order valence-electron chi connectivity index (χ0n) is 14.5. The maximum absolute atomic E-state index is 9.09. The van der Waals surface area contributed by atoms with E-state index in [9.17, 15) is 0 Å². The standard InChI is InChI=1S/C22H17BrN2O2/c23-21-11-9-17(10-12-21)15-26-22-8-4-3-6-19(22)14-25-27-16-20-7-2-1-5-18(20)13-24/h1-12,14H,15-16H2/b25-14-. The summed E-state index contributed by atoms with van der Waals surface area (Å²) in [5, 5.41) is 13.1. The highest BCUT2D eigenvalue weighted by atomic mass is 79.9. The first-order valence-electron chi connectivity index (χ1n) is 8.36. The van der Waals surface area contributed by atoms with Crippen LogP contribution >= 0.6 is 15.9 Å². The number of para-hydroxylation sites is 1. The molecule has 3 rings (SSSR count). The zero-order valence-corrected chi connectivity index (χ0v) is 16.1. The molecule has 134 valence electrons. The second-order valence-corrected chi connectivity index (χ2v) is 6.65. The topological polar surface area (TPSA) is 54.6 Å². The van der Waals surface area contributed by atoms with Gasteiger partial charge in [-0.25, -0.2) is 0 Å². The molecular weight excluding hydrogens is 404 g/mol. The van der Waals surface area contributed by atoms with Gasteiger partial charge in [0.15, 0.2) is 0 Å². The van der Waals surface area contributed by atoms with E-state index in [2.05, 4.69) is 27.2 Å². The van der Waals surface area contributed by atoms with Crippen LogP contribution in [0.15, 0.2) is 82.4 Å². The monoisotopic (exact) mass is 420 g/mol. The van der Waals surface area contributed by atoms with Gasteiger partial charge in [-0.2, -0.15) is 5.26 Å². The van der Waals surface area contributed by atoms with E-state index < -0.39 is 0 Å². The fraction of sp³-hybridized carbons (Fsp3) is 0.0909. The van der Waals surface area contributed by atoms with Gasteiger partial charge < -0.3 is 9.57 Å². The van der Waals surface area contributed by atoms with Crippen LogP contribution in [-0.2, 0) is 18.1 Å². The van der Waals surface area contributed by atoms with Gasteiger partial charge >= 0.3 is 0 Å². The lowest BCUT2D eigenvalue weighted by molar-refractivity contribution is 0.132. The molecule has 27 heavy (non-hydrogen) atoms. The number of nitrogens with zero attached hydrogens (tertiary/aromatic N) is 2. The summed E-state index contributed by atoms with van der Waals surface area (Å²) in [7, 11) is 0. The number of oxime groups is 1. The van der Waals surface area contributed by atoms with Crippen LogP contribution in [0.1, 0.15) is 22.3 Å². The number of ether oxygens (including phenoxy) is 1. The van der Waals surface area contributed by atoms with Crippen molar-refractivity contribution in [3.05, 3.63) is 99.5 Å². The van der Waals surface area contributed by atoms with Crippen LogP contribution in [0.5, 0.6) is 5.75 Å². The molecular formula is C22H17BrN2O2. The van der Waals surface area contributed by atoms with Crippen molar-refractivity contribution >= 4 is 22.1 Å². The summed E-state index contributed by atoms with van der Waals surface area (Å²) in [6, 6.07) is 25.1. The molecule has 3 aromatic carbocycles. The lowest BCUT2D eigenvalue weighted by atomic mass is 10.1. The average Bonchev–Trinajstić information content (AvgIpc) is 2.72. The van der Waals surface area contributed by atoms with Crippen molar-refractivity contribution < 1.29 is 9.57 Å². The Balaban J connectivity index is 1.61. The predicted octanol–water partition coefficient (Wildman–Crippen LogP) is 5.45. The number of rotatable bonds is 7. The summed E-state index contributed by atoms with van der Waals surface area (Å²) in [5.41, 5.74) is 3.29. The first-order valence-corrected chi connectivity index (χ1v) is 9.15. The van der Waals surface area contributed by atoms with E-state index in [0.29, 0.717) is 12.2 Å². The molecule has 0 saturated heterocycles. The minimum atomic E-state index is 0.238. The number of hydrogen-bond donors (Lipinski definition) is 0. The van der Waals surface area contributed by atoms with Crippen molar-refractivity contribution in [3.63, 3.8) is 0 Å². The molecule has 4 nitrogen and oxygen atoms in total. The molecule has 0 aliphatic heterocycles. The van der Waals surface area contributed by atoms with E-state index in [1.54, 1.807) is 12.3 Å². The maximum atomic E-state index is 9.09. The van der Waals surface area contributed by atoms with Crippen molar-refractivity contribution in [2.24, 2.45) is 5.16 Å². The summed E-state index contributed by atoms with van der Waals surface area (Å²) < 4.78 is 6.95. The van der Waals surface area contributed by atoms with Gasteiger partial charge in [-0.3, -0.25) is 0 Å². The van der Waals surface area contributed by atoms with E-state index >= 15 is 0 Å². The molecule has 0 saturated carbocycles. The largest absolute Gasteiger partial charge is 0.488 e. The highest BCUT2D eigenvalue weighted by Crippen LogP contribution is 2.19. The van der Waals surface area contributed by atoms with Crippen LogP contribution in [0.3, 0.4) is 0 Å². The molecule has 0 aliphatic rings. The van der Waals surface area contributed by atoms with Crippen LogP contribution in [0, 0.1) is 11.3 Å². The molecule has 0 atom stereocenters. The fourth-order valence-electron chi connectivity index (χ4n) is 2.42. The van der Waals surface area contributed by atoms with Crippen LogP contribution in [0.4, 0.5) is 0 Å². The highest BCUT2D eigenvalue weighted by molar-refractivity contribution is 9.10. The lowest BCUT2D eigenvalue weighted by Gasteiger charge is -2.09. The Morgan fingerprint density at radius 1 is 0.926 bits per heavy atom. The van der Waals surface area contributed by atoms with Crippen molar-refractivity contribution in [1.29, 1.82) is 5.26 Å². The van der Waals surface area contributed by atoms with E-state index in [1.165, 1.54) is 0 Å². The normalized spacial score (nSPS) is 10.5. The van der Waals surface area contributed by atoms with Gasteiger partial charge in [-0.05, 0) is 35.9 Å². The summed E-state index contributed by atoms with van der Waals surface area (Å²) in [4.78, 5) is 5.35. The maximum Gasteiger partial charge on any atom is 0.143 e. The van der Waals surface area contributed by atoms with Crippen molar-refractivity contribution in [2.45, 2.75) is 13.2 Å². The smallest absolute Gasteiger partial charge is 0.143 e. The van der Waals surface area contributed by atoms with Gasteiger partial charge in [-0.15, -0.1) is 0 Å². The van der Waals surface area contributed by atoms with Gasteiger partial charge in [-0.1, -0.05) is 63.6 Å². The molecule has 0 bridgehead atoms. The van der Waals surface area contributed by atoms with Crippen molar-refractivity contribution in [2.75, 3.05) is 0 Å². The summed E-state index contributed by atoms with van der Waals surface area (Å²) >= 11 is 3.42. The van der Waals surface area contributed by atoms with Gasteiger partial charge in [0, 0.05) is 15.6 Å². The van der Waals surface area contributed by atoms with Gasteiger partial charge in [0.1, 0.15) is 19.0 Å². The number of hydrogen-bond acceptors (Lipinski definition) is 4. The van der Waals surface area contributed by atoms with Gasteiger partial charge in [0.05, 0.1) is 17.8 Å². The fourth-order valence-corrected chi connectivity index (χ4v) is 2.68. The quantitative estimate of drug-likeness (QED) is 0.377. The molecule has 0 aromatic heterocycles. The van der Waals surface area contributed by atoms with E-state index in [1.807, 2.05) is 66.7 Å². The number of halogens is 1. The SMILES string of the molecule is N#Cc1ccccc1CO/N=C\c1ccccc1OCc1ccc(Br)cc1. The third-order valence-electron chi connectivity index (χ3n) is 3.85. The molecule has 0 fully saturated rings.